The number of nitrogens with two attached hydrogens (primary N) is 1. The number of halogens is 2. The quantitative estimate of drug-likeness (QED) is 0.937. The van der Waals surface area contributed by atoms with Crippen LogP contribution in [0.2, 0.25) is 0 Å². The van der Waals surface area contributed by atoms with E-state index in [0.29, 0.717) is 5.13 Å². The normalized spacial score (nSPS) is 10.9. The number of carbonyl (C=O) groups excluding carboxylic acids is 1. The van der Waals surface area contributed by atoms with E-state index >= 15 is 0 Å². The minimum absolute atomic E-state index is 0.0510. The molecule has 112 valence electrons. The van der Waals surface area contributed by atoms with Gasteiger partial charge >= 0.3 is 6.03 Å². The van der Waals surface area contributed by atoms with Gasteiger partial charge in [0.1, 0.15) is 11.6 Å². The van der Waals surface area contributed by atoms with Crippen LogP contribution in [0.5, 0.6) is 0 Å². The van der Waals surface area contributed by atoms with Gasteiger partial charge in [0, 0.05) is 16.6 Å². The third-order valence-corrected chi connectivity index (χ3v) is 4.23. The Morgan fingerprint density at radius 3 is 2.71 bits per heavy atom. The Morgan fingerprint density at radius 2 is 2.14 bits per heavy atom. The highest BCUT2D eigenvalue weighted by Gasteiger charge is 2.19. The molecule has 2 rings (SSSR count). The first-order chi connectivity index (χ1) is 9.88. The molecular weight excluding hydrogens is 296 g/mol. The molecule has 0 aliphatic rings. The van der Waals surface area contributed by atoms with Gasteiger partial charge in [0.15, 0.2) is 5.13 Å². The number of thiazole rings is 1. The number of rotatable bonds is 4. The molecule has 1 heterocycles. The number of nitrogens with zero attached hydrogens (tertiary/aromatic N) is 2. The molecule has 2 N–H and O–H groups in total. The van der Waals surface area contributed by atoms with E-state index in [1.54, 1.807) is 6.20 Å². The summed E-state index contributed by atoms with van der Waals surface area (Å²) in [5.41, 5.74) is 5.38. The van der Waals surface area contributed by atoms with E-state index in [2.05, 4.69) is 4.98 Å². The van der Waals surface area contributed by atoms with Gasteiger partial charge in [0.05, 0.1) is 6.54 Å². The van der Waals surface area contributed by atoms with Gasteiger partial charge in [-0.2, -0.15) is 0 Å². The molecule has 7 heteroatoms. The zero-order valence-electron chi connectivity index (χ0n) is 11.6. The van der Waals surface area contributed by atoms with E-state index in [-0.39, 0.29) is 18.0 Å². The van der Waals surface area contributed by atoms with Gasteiger partial charge in [-0.05, 0) is 24.1 Å². The van der Waals surface area contributed by atoms with Crippen molar-refractivity contribution in [3.63, 3.8) is 0 Å². The maximum atomic E-state index is 13.7. The molecule has 0 unspecified atom stereocenters. The van der Waals surface area contributed by atoms with Crippen molar-refractivity contribution in [1.82, 2.24) is 4.98 Å². The average Bonchev–Trinajstić information content (AvgIpc) is 2.88. The monoisotopic (exact) mass is 311 g/mol. The Kier molecular flexibility index (Phi) is 4.52. The van der Waals surface area contributed by atoms with E-state index in [1.807, 2.05) is 13.8 Å². The summed E-state index contributed by atoms with van der Waals surface area (Å²) in [4.78, 5) is 17.8. The Labute approximate surface area is 125 Å². The molecular formula is C14H15F2N3OS. The van der Waals surface area contributed by atoms with Crippen molar-refractivity contribution < 1.29 is 13.6 Å². The number of benzene rings is 1. The maximum absolute atomic E-state index is 13.7. The number of primary amides is 1. The van der Waals surface area contributed by atoms with Crippen LogP contribution in [0, 0.1) is 11.6 Å². The molecule has 0 saturated carbocycles. The van der Waals surface area contributed by atoms with Crippen LogP contribution in [0.3, 0.4) is 0 Å². The first-order valence-electron chi connectivity index (χ1n) is 6.35. The number of anilines is 1. The summed E-state index contributed by atoms with van der Waals surface area (Å²) in [6, 6.07) is 2.32. The number of carbonyl (C=O) groups is 1. The minimum atomic E-state index is -0.761. The Balaban J connectivity index is 2.31. The summed E-state index contributed by atoms with van der Waals surface area (Å²) in [5, 5.41) is 0.370. The van der Waals surface area contributed by atoms with Crippen LogP contribution in [0.15, 0.2) is 24.4 Å². The summed E-state index contributed by atoms with van der Waals surface area (Å²) < 4.78 is 26.9. The first-order valence-corrected chi connectivity index (χ1v) is 7.16. The Bertz CT molecular complexity index is 657. The highest BCUT2D eigenvalue weighted by atomic mass is 32.1. The largest absolute Gasteiger partial charge is 0.351 e. The number of hydrogen-bond donors (Lipinski definition) is 1. The third-order valence-electron chi connectivity index (χ3n) is 2.91. The molecule has 0 fully saturated rings. The van der Waals surface area contributed by atoms with Crippen LogP contribution >= 0.6 is 11.3 Å². The summed E-state index contributed by atoms with van der Waals surface area (Å²) in [5.74, 6) is -0.905. The number of hydrogen-bond acceptors (Lipinski definition) is 3. The van der Waals surface area contributed by atoms with E-state index in [1.165, 1.54) is 11.3 Å². The number of amides is 2. The zero-order chi connectivity index (χ0) is 15.6. The third kappa shape index (κ3) is 3.55. The van der Waals surface area contributed by atoms with Gasteiger partial charge in [-0.1, -0.05) is 13.8 Å². The van der Waals surface area contributed by atoms with Crippen molar-refractivity contribution >= 4 is 22.5 Å². The SMILES string of the molecule is CC(C)c1cnc(N(Cc2cc(F)ccc2F)C(N)=O)s1. The van der Waals surface area contributed by atoms with E-state index in [0.717, 1.165) is 28.0 Å². The molecule has 2 aromatic rings. The smallest absolute Gasteiger partial charge is 0.321 e. The fraction of sp³-hybridized carbons (Fsp3) is 0.286. The van der Waals surface area contributed by atoms with Gasteiger partial charge in [-0.15, -0.1) is 11.3 Å². The average molecular weight is 311 g/mol. The lowest BCUT2D eigenvalue weighted by molar-refractivity contribution is 0.253. The summed E-state index contributed by atoms with van der Waals surface area (Å²) in [7, 11) is 0. The molecule has 0 atom stereocenters. The van der Waals surface area contributed by atoms with Crippen LogP contribution in [-0.2, 0) is 6.54 Å². The molecule has 2 amide bonds. The van der Waals surface area contributed by atoms with Crippen LogP contribution in [0.4, 0.5) is 18.7 Å². The molecule has 0 spiro atoms. The van der Waals surface area contributed by atoms with Gasteiger partial charge in [-0.3, -0.25) is 4.90 Å². The van der Waals surface area contributed by atoms with E-state index < -0.39 is 17.7 Å². The first kappa shape index (κ1) is 15.4. The molecule has 0 aliphatic carbocycles. The molecule has 4 nitrogen and oxygen atoms in total. The lowest BCUT2D eigenvalue weighted by atomic mass is 10.2. The number of urea groups is 1. The second-order valence-corrected chi connectivity index (χ2v) is 5.90. The topological polar surface area (TPSA) is 59.2 Å². The number of aromatic nitrogens is 1. The molecule has 0 bridgehead atoms. The van der Waals surface area contributed by atoms with Crippen molar-refractivity contribution in [2.45, 2.75) is 26.3 Å². The van der Waals surface area contributed by atoms with E-state index in [4.69, 9.17) is 5.73 Å². The zero-order valence-corrected chi connectivity index (χ0v) is 12.5. The summed E-state index contributed by atoms with van der Waals surface area (Å²) in [6.45, 7) is 3.83. The second kappa shape index (κ2) is 6.17. The molecule has 0 aliphatic heterocycles. The van der Waals surface area contributed by atoms with Crippen molar-refractivity contribution in [2.24, 2.45) is 5.73 Å². The molecule has 1 aromatic heterocycles. The van der Waals surface area contributed by atoms with Crippen molar-refractivity contribution in [3.8, 4) is 0 Å². The van der Waals surface area contributed by atoms with Crippen LogP contribution < -0.4 is 10.6 Å². The maximum Gasteiger partial charge on any atom is 0.321 e. The molecule has 21 heavy (non-hydrogen) atoms. The predicted molar refractivity (Wildman–Crippen MR) is 78.3 cm³/mol. The standard InChI is InChI=1S/C14H15F2N3OS/c1-8(2)12-6-18-14(21-12)19(13(17)20)7-9-5-10(15)3-4-11(9)16/h3-6,8H,7H2,1-2H3,(H2,17,20). The lowest BCUT2D eigenvalue weighted by Gasteiger charge is -2.17. The fourth-order valence-electron chi connectivity index (χ4n) is 1.74. The van der Waals surface area contributed by atoms with Crippen molar-refractivity contribution in [3.05, 3.63) is 46.5 Å². The van der Waals surface area contributed by atoms with Gasteiger partial charge in [0.25, 0.3) is 0 Å². The van der Waals surface area contributed by atoms with E-state index in [9.17, 15) is 13.6 Å². The predicted octanol–water partition coefficient (Wildman–Crippen LogP) is 3.63. The van der Waals surface area contributed by atoms with Gasteiger partial charge in [0.2, 0.25) is 0 Å². The van der Waals surface area contributed by atoms with Crippen LogP contribution in [0.1, 0.15) is 30.2 Å². The van der Waals surface area contributed by atoms with Crippen molar-refractivity contribution in [1.29, 1.82) is 0 Å². The minimum Gasteiger partial charge on any atom is -0.351 e. The van der Waals surface area contributed by atoms with Crippen LogP contribution in [0.25, 0.3) is 0 Å². The lowest BCUT2D eigenvalue weighted by Crippen LogP contribution is -2.35. The molecule has 0 radical (unpaired) electrons. The van der Waals surface area contributed by atoms with Crippen molar-refractivity contribution in [2.75, 3.05) is 4.90 Å². The van der Waals surface area contributed by atoms with Gasteiger partial charge < -0.3 is 5.73 Å². The fourth-order valence-corrected chi connectivity index (χ4v) is 2.67. The molecule has 0 saturated heterocycles. The Hall–Kier alpha value is -2.02. The Morgan fingerprint density at radius 1 is 1.43 bits per heavy atom. The summed E-state index contributed by atoms with van der Waals surface area (Å²) >= 11 is 1.30. The van der Waals surface area contributed by atoms with Gasteiger partial charge in [-0.25, -0.2) is 18.6 Å². The second-order valence-electron chi connectivity index (χ2n) is 4.86. The summed E-state index contributed by atoms with van der Waals surface area (Å²) in [6.07, 6.45) is 1.66. The highest BCUT2D eigenvalue weighted by Crippen LogP contribution is 2.29. The van der Waals surface area contributed by atoms with Crippen LogP contribution in [-0.4, -0.2) is 11.0 Å². The highest BCUT2D eigenvalue weighted by molar-refractivity contribution is 7.15. The molecule has 1 aromatic carbocycles.